The zero-order chi connectivity index (χ0) is 10.2. The fraction of sp³-hybridized carbons (Fsp3) is 1.00. The highest BCUT2D eigenvalue weighted by Gasteiger charge is 2.13. The Balaban J connectivity index is 2.03. The maximum Gasteiger partial charge on any atom is 0.0791 e. The molecule has 0 radical (unpaired) electrons. The Morgan fingerprint density at radius 1 is 1.29 bits per heavy atom. The molecule has 1 saturated heterocycles. The number of aliphatic hydroxyl groups excluding tert-OH is 1. The van der Waals surface area contributed by atoms with Gasteiger partial charge in [-0.3, -0.25) is 0 Å². The van der Waals surface area contributed by atoms with Crippen LogP contribution in [0.2, 0.25) is 0 Å². The van der Waals surface area contributed by atoms with Gasteiger partial charge in [-0.1, -0.05) is 13.3 Å². The standard InChI is InChI=1S/C11H24N2O/c1-2-6-12-9-11(14)10-13-7-4-3-5-8-13/h11-12,14H,2-10H2,1H3. The van der Waals surface area contributed by atoms with Gasteiger partial charge in [0.25, 0.3) is 0 Å². The van der Waals surface area contributed by atoms with E-state index in [9.17, 15) is 5.11 Å². The van der Waals surface area contributed by atoms with Crippen molar-refractivity contribution in [1.29, 1.82) is 0 Å². The Kier molecular flexibility index (Phi) is 6.15. The molecule has 3 nitrogen and oxygen atoms in total. The molecule has 0 aromatic heterocycles. The molecule has 1 rings (SSSR count). The Labute approximate surface area is 87.5 Å². The summed E-state index contributed by atoms with van der Waals surface area (Å²) in [6.07, 6.45) is 4.90. The van der Waals surface area contributed by atoms with E-state index in [1.54, 1.807) is 0 Å². The third-order valence-corrected chi connectivity index (χ3v) is 2.72. The maximum absolute atomic E-state index is 9.72. The lowest BCUT2D eigenvalue weighted by atomic mass is 10.1. The number of nitrogens with one attached hydrogen (secondary N) is 1. The molecule has 0 bridgehead atoms. The van der Waals surface area contributed by atoms with Crippen molar-refractivity contribution < 1.29 is 5.11 Å². The zero-order valence-corrected chi connectivity index (χ0v) is 9.34. The number of rotatable bonds is 6. The maximum atomic E-state index is 9.72. The number of nitrogens with zero attached hydrogens (tertiary/aromatic N) is 1. The van der Waals surface area contributed by atoms with Crippen LogP contribution in [0.15, 0.2) is 0 Å². The lowest BCUT2D eigenvalue weighted by Gasteiger charge is -2.28. The summed E-state index contributed by atoms with van der Waals surface area (Å²) in [4.78, 5) is 2.38. The number of piperidine rings is 1. The lowest BCUT2D eigenvalue weighted by molar-refractivity contribution is 0.100. The first-order chi connectivity index (χ1) is 6.83. The largest absolute Gasteiger partial charge is 0.390 e. The number of aliphatic hydroxyl groups is 1. The molecule has 0 aliphatic carbocycles. The van der Waals surface area contributed by atoms with Gasteiger partial charge >= 0.3 is 0 Å². The molecule has 0 aromatic carbocycles. The van der Waals surface area contributed by atoms with Crippen molar-refractivity contribution in [2.75, 3.05) is 32.7 Å². The Hall–Kier alpha value is -0.120. The predicted octanol–water partition coefficient (Wildman–Crippen LogP) is 0.833. The first-order valence-corrected chi connectivity index (χ1v) is 5.94. The van der Waals surface area contributed by atoms with E-state index >= 15 is 0 Å². The van der Waals surface area contributed by atoms with Crippen LogP contribution in [0.25, 0.3) is 0 Å². The van der Waals surface area contributed by atoms with Crippen molar-refractivity contribution in [2.24, 2.45) is 0 Å². The van der Waals surface area contributed by atoms with Crippen molar-refractivity contribution in [1.82, 2.24) is 10.2 Å². The molecular formula is C11H24N2O. The third kappa shape index (κ3) is 4.94. The minimum absolute atomic E-state index is 0.195. The topological polar surface area (TPSA) is 35.5 Å². The average Bonchev–Trinajstić information content (AvgIpc) is 2.20. The molecule has 1 heterocycles. The molecular weight excluding hydrogens is 176 g/mol. The second kappa shape index (κ2) is 7.21. The minimum atomic E-state index is -0.195. The molecule has 0 saturated carbocycles. The quantitative estimate of drug-likeness (QED) is 0.624. The predicted molar refractivity (Wildman–Crippen MR) is 59.5 cm³/mol. The summed E-state index contributed by atoms with van der Waals surface area (Å²) in [5.41, 5.74) is 0. The Bertz CT molecular complexity index is 135. The Morgan fingerprint density at radius 2 is 2.00 bits per heavy atom. The zero-order valence-electron chi connectivity index (χ0n) is 9.34. The highest BCUT2D eigenvalue weighted by molar-refractivity contribution is 4.70. The molecule has 14 heavy (non-hydrogen) atoms. The molecule has 0 aromatic rings. The van der Waals surface area contributed by atoms with Gasteiger partial charge in [0, 0.05) is 13.1 Å². The van der Waals surface area contributed by atoms with Crippen molar-refractivity contribution in [3.05, 3.63) is 0 Å². The number of β-amino-alcohol motifs (C(OH)–C–C–N with tert-alkyl or cyclic N) is 1. The van der Waals surface area contributed by atoms with Crippen LogP contribution in [0.3, 0.4) is 0 Å². The monoisotopic (exact) mass is 200 g/mol. The van der Waals surface area contributed by atoms with Gasteiger partial charge in [-0.05, 0) is 38.9 Å². The summed E-state index contributed by atoms with van der Waals surface area (Å²) >= 11 is 0. The van der Waals surface area contributed by atoms with E-state index in [4.69, 9.17) is 0 Å². The second-order valence-electron chi connectivity index (χ2n) is 4.22. The highest BCUT2D eigenvalue weighted by atomic mass is 16.3. The van der Waals surface area contributed by atoms with Crippen molar-refractivity contribution in [2.45, 2.75) is 38.7 Å². The second-order valence-corrected chi connectivity index (χ2v) is 4.22. The van der Waals surface area contributed by atoms with Gasteiger partial charge in [0.15, 0.2) is 0 Å². The molecule has 1 unspecified atom stereocenters. The van der Waals surface area contributed by atoms with Crippen LogP contribution in [-0.4, -0.2) is 48.8 Å². The molecule has 0 amide bonds. The molecule has 3 heteroatoms. The smallest absolute Gasteiger partial charge is 0.0791 e. The van der Waals surface area contributed by atoms with E-state index in [2.05, 4.69) is 17.1 Å². The van der Waals surface area contributed by atoms with E-state index in [1.807, 2.05) is 0 Å². The van der Waals surface area contributed by atoms with Gasteiger partial charge in [0.05, 0.1) is 6.10 Å². The molecule has 1 atom stereocenters. The van der Waals surface area contributed by atoms with Gasteiger partial charge in [-0.2, -0.15) is 0 Å². The summed E-state index contributed by atoms with van der Waals surface area (Å²) in [5.74, 6) is 0. The fourth-order valence-corrected chi connectivity index (χ4v) is 1.95. The lowest BCUT2D eigenvalue weighted by Crippen LogP contribution is -2.40. The summed E-state index contributed by atoms with van der Waals surface area (Å²) in [6.45, 7) is 7.08. The van der Waals surface area contributed by atoms with Gasteiger partial charge in [-0.25, -0.2) is 0 Å². The molecule has 1 aliphatic rings. The van der Waals surface area contributed by atoms with Gasteiger partial charge in [0.1, 0.15) is 0 Å². The van der Waals surface area contributed by atoms with Crippen molar-refractivity contribution >= 4 is 0 Å². The van der Waals surface area contributed by atoms with E-state index in [0.717, 1.165) is 26.1 Å². The number of hydrogen-bond acceptors (Lipinski definition) is 3. The van der Waals surface area contributed by atoms with Crippen LogP contribution < -0.4 is 5.32 Å². The Morgan fingerprint density at radius 3 is 2.64 bits per heavy atom. The van der Waals surface area contributed by atoms with Crippen molar-refractivity contribution in [3.63, 3.8) is 0 Å². The molecule has 1 fully saturated rings. The molecule has 84 valence electrons. The molecule has 0 spiro atoms. The minimum Gasteiger partial charge on any atom is -0.390 e. The number of hydrogen-bond donors (Lipinski definition) is 2. The highest BCUT2D eigenvalue weighted by Crippen LogP contribution is 2.08. The SMILES string of the molecule is CCCNCC(O)CN1CCCCC1. The first kappa shape index (κ1) is 12.0. The van der Waals surface area contributed by atoms with Crippen LogP contribution in [-0.2, 0) is 0 Å². The summed E-state index contributed by atoms with van der Waals surface area (Å²) in [5, 5.41) is 13.0. The summed E-state index contributed by atoms with van der Waals surface area (Å²) in [6, 6.07) is 0. The van der Waals surface area contributed by atoms with Gasteiger partial charge in [-0.15, -0.1) is 0 Å². The van der Waals surface area contributed by atoms with E-state index in [1.165, 1.54) is 32.4 Å². The normalized spacial score (nSPS) is 21.0. The van der Waals surface area contributed by atoms with Crippen LogP contribution >= 0.6 is 0 Å². The van der Waals surface area contributed by atoms with E-state index < -0.39 is 0 Å². The van der Waals surface area contributed by atoms with E-state index in [-0.39, 0.29) is 6.10 Å². The summed E-state index contributed by atoms with van der Waals surface area (Å²) in [7, 11) is 0. The first-order valence-electron chi connectivity index (χ1n) is 5.94. The average molecular weight is 200 g/mol. The van der Waals surface area contributed by atoms with Gasteiger partial charge in [0.2, 0.25) is 0 Å². The fourth-order valence-electron chi connectivity index (χ4n) is 1.95. The van der Waals surface area contributed by atoms with Crippen LogP contribution in [0, 0.1) is 0 Å². The molecule has 2 N–H and O–H groups in total. The summed E-state index contributed by atoms with van der Waals surface area (Å²) < 4.78 is 0. The van der Waals surface area contributed by atoms with Crippen LogP contribution in [0.4, 0.5) is 0 Å². The van der Waals surface area contributed by atoms with Crippen LogP contribution in [0.5, 0.6) is 0 Å². The van der Waals surface area contributed by atoms with E-state index in [0.29, 0.717) is 0 Å². The number of likely N-dealkylation sites (tertiary alicyclic amines) is 1. The molecule has 1 aliphatic heterocycles. The van der Waals surface area contributed by atoms with Gasteiger partial charge < -0.3 is 15.3 Å². The van der Waals surface area contributed by atoms with Crippen LogP contribution in [0.1, 0.15) is 32.6 Å². The third-order valence-electron chi connectivity index (χ3n) is 2.72. The van der Waals surface area contributed by atoms with Crippen molar-refractivity contribution in [3.8, 4) is 0 Å².